The van der Waals surface area contributed by atoms with Gasteiger partial charge in [0.05, 0.1) is 0 Å². The highest BCUT2D eigenvalue weighted by molar-refractivity contribution is 6.02. The molecule has 0 aromatic heterocycles. The Labute approximate surface area is 70.6 Å². The molecule has 0 saturated carbocycles. The molecule has 1 heterocycles. The Bertz CT molecular complexity index is 346. The first-order chi connectivity index (χ1) is 5.68. The van der Waals surface area contributed by atoms with E-state index < -0.39 is 6.04 Å². The molecular weight excluding hydrogens is 152 g/mol. The quantitative estimate of drug-likeness (QED) is 0.596. The summed E-state index contributed by atoms with van der Waals surface area (Å²) in [6.07, 6.45) is 0. The summed E-state index contributed by atoms with van der Waals surface area (Å²) in [4.78, 5) is 11.1. The Kier molecular flexibility index (Phi) is 1.41. The number of benzene rings is 1. The topological polar surface area (TPSA) is 55.1 Å². The van der Waals surface area contributed by atoms with Crippen molar-refractivity contribution in [1.82, 2.24) is 0 Å². The van der Waals surface area contributed by atoms with Crippen LogP contribution in [0.15, 0.2) is 18.2 Å². The van der Waals surface area contributed by atoms with Crippen molar-refractivity contribution in [3.63, 3.8) is 0 Å². The number of hydrogen-bond acceptors (Lipinski definition) is 2. The van der Waals surface area contributed by atoms with Gasteiger partial charge in [0.25, 0.3) is 0 Å². The van der Waals surface area contributed by atoms with E-state index in [-0.39, 0.29) is 5.91 Å². The van der Waals surface area contributed by atoms with Crippen LogP contribution in [-0.2, 0) is 4.79 Å². The third kappa shape index (κ3) is 0.905. The van der Waals surface area contributed by atoms with Crippen molar-refractivity contribution in [2.75, 3.05) is 5.32 Å². The third-order valence-electron chi connectivity index (χ3n) is 2.08. The number of anilines is 1. The van der Waals surface area contributed by atoms with Gasteiger partial charge in [-0.1, -0.05) is 12.1 Å². The van der Waals surface area contributed by atoms with Gasteiger partial charge < -0.3 is 11.1 Å². The van der Waals surface area contributed by atoms with Gasteiger partial charge in [0.15, 0.2) is 0 Å². The van der Waals surface area contributed by atoms with E-state index in [9.17, 15) is 4.79 Å². The van der Waals surface area contributed by atoms with Crippen molar-refractivity contribution < 1.29 is 4.79 Å². The van der Waals surface area contributed by atoms with Crippen LogP contribution in [0.3, 0.4) is 0 Å². The molecule has 0 unspecified atom stereocenters. The molecule has 1 atom stereocenters. The molecule has 0 radical (unpaired) electrons. The van der Waals surface area contributed by atoms with E-state index in [1.54, 1.807) is 0 Å². The average molecular weight is 162 g/mol. The van der Waals surface area contributed by atoms with Crippen LogP contribution in [0, 0.1) is 6.92 Å². The fraction of sp³-hybridized carbons (Fsp3) is 0.222. The van der Waals surface area contributed by atoms with E-state index in [1.165, 1.54) is 0 Å². The largest absolute Gasteiger partial charge is 0.324 e. The molecule has 3 heteroatoms. The van der Waals surface area contributed by atoms with E-state index in [0.29, 0.717) is 0 Å². The molecular formula is C9H10N2O. The van der Waals surface area contributed by atoms with Crippen LogP contribution in [-0.4, -0.2) is 5.91 Å². The number of nitrogens with one attached hydrogen (secondary N) is 1. The summed E-state index contributed by atoms with van der Waals surface area (Å²) in [6.45, 7) is 1.98. The highest BCUT2D eigenvalue weighted by Crippen LogP contribution is 2.29. The van der Waals surface area contributed by atoms with Gasteiger partial charge in [0, 0.05) is 11.3 Å². The first kappa shape index (κ1) is 7.31. The molecule has 0 fully saturated rings. The maximum Gasteiger partial charge on any atom is 0.245 e. The number of nitrogens with two attached hydrogens (primary N) is 1. The van der Waals surface area contributed by atoms with Gasteiger partial charge in [-0.15, -0.1) is 0 Å². The van der Waals surface area contributed by atoms with Crippen molar-refractivity contribution in [3.8, 4) is 0 Å². The lowest BCUT2D eigenvalue weighted by Crippen LogP contribution is -2.19. The van der Waals surface area contributed by atoms with E-state index in [1.807, 2.05) is 25.1 Å². The standard InChI is InChI=1S/C9H10N2O/c1-5-2-3-6-7(4-5)11-9(12)8(6)10/h2-4,8H,10H2,1H3,(H,11,12)/t8-/m1/s1. The Morgan fingerprint density at radius 3 is 3.00 bits per heavy atom. The van der Waals surface area contributed by atoms with Gasteiger partial charge in [-0.05, 0) is 18.6 Å². The second kappa shape index (κ2) is 2.32. The summed E-state index contributed by atoms with van der Waals surface area (Å²) >= 11 is 0. The predicted octanol–water partition coefficient (Wildman–Crippen LogP) is 0.947. The molecule has 62 valence electrons. The molecule has 3 N–H and O–H groups in total. The summed E-state index contributed by atoms with van der Waals surface area (Å²) in [7, 11) is 0. The second-order valence-corrected chi connectivity index (χ2v) is 3.06. The van der Waals surface area contributed by atoms with Crippen LogP contribution >= 0.6 is 0 Å². The summed E-state index contributed by atoms with van der Waals surface area (Å²) in [5, 5.41) is 2.72. The molecule has 3 nitrogen and oxygen atoms in total. The zero-order chi connectivity index (χ0) is 8.72. The molecule has 1 aliphatic rings. The summed E-state index contributed by atoms with van der Waals surface area (Å²) in [6, 6.07) is 5.30. The van der Waals surface area contributed by atoms with E-state index in [0.717, 1.165) is 16.8 Å². The lowest BCUT2D eigenvalue weighted by molar-refractivity contribution is -0.116. The molecule has 0 spiro atoms. The molecule has 0 aliphatic carbocycles. The number of amides is 1. The minimum absolute atomic E-state index is 0.115. The summed E-state index contributed by atoms with van der Waals surface area (Å²) < 4.78 is 0. The minimum Gasteiger partial charge on any atom is -0.324 e. The predicted molar refractivity (Wildman–Crippen MR) is 46.7 cm³/mol. The van der Waals surface area contributed by atoms with Crippen molar-refractivity contribution in [1.29, 1.82) is 0 Å². The number of fused-ring (bicyclic) bond motifs is 1. The van der Waals surface area contributed by atoms with Gasteiger partial charge in [0.2, 0.25) is 5.91 Å². The van der Waals surface area contributed by atoms with Crippen molar-refractivity contribution in [2.45, 2.75) is 13.0 Å². The van der Waals surface area contributed by atoms with Crippen molar-refractivity contribution in [2.24, 2.45) is 5.73 Å². The third-order valence-corrected chi connectivity index (χ3v) is 2.08. The lowest BCUT2D eigenvalue weighted by Gasteiger charge is -2.00. The molecule has 0 bridgehead atoms. The molecule has 1 aliphatic heterocycles. The number of rotatable bonds is 0. The second-order valence-electron chi connectivity index (χ2n) is 3.06. The molecule has 12 heavy (non-hydrogen) atoms. The Hall–Kier alpha value is -1.35. The normalized spacial score (nSPS) is 20.5. The number of hydrogen-bond donors (Lipinski definition) is 2. The maximum absolute atomic E-state index is 11.1. The molecule has 1 aromatic carbocycles. The molecule has 2 rings (SSSR count). The van der Waals surface area contributed by atoms with Crippen LogP contribution < -0.4 is 11.1 Å². The van der Waals surface area contributed by atoms with Gasteiger partial charge >= 0.3 is 0 Å². The maximum atomic E-state index is 11.1. The number of carbonyl (C=O) groups excluding carboxylic acids is 1. The molecule has 1 amide bonds. The monoisotopic (exact) mass is 162 g/mol. The van der Waals surface area contributed by atoms with Crippen LogP contribution in [0.25, 0.3) is 0 Å². The highest BCUT2D eigenvalue weighted by atomic mass is 16.2. The van der Waals surface area contributed by atoms with Gasteiger partial charge in [-0.2, -0.15) is 0 Å². The Balaban J connectivity index is 2.54. The van der Waals surface area contributed by atoms with Gasteiger partial charge in [-0.25, -0.2) is 0 Å². The van der Waals surface area contributed by atoms with Gasteiger partial charge in [0.1, 0.15) is 6.04 Å². The average Bonchev–Trinajstić information content (AvgIpc) is 2.28. The van der Waals surface area contributed by atoms with Crippen molar-refractivity contribution in [3.05, 3.63) is 29.3 Å². The molecule has 0 saturated heterocycles. The number of carbonyl (C=O) groups is 1. The summed E-state index contributed by atoms with van der Waals surface area (Å²) in [5.74, 6) is -0.115. The van der Waals surface area contributed by atoms with E-state index in [2.05, 4.69) is 5.32 Å². The lowest BCUT2D eigenvalue weighted by atomic mass is 10.1. The first-order valence-corrected chi connectivity index (χ1v) is 3.85. The van der Waals surface area contributed by atoms with E-state index in [4.69, 9.17) is 5.73 Å². The van der Waals surface area contributed by atoms with Crippen LogP contribution in [0.2, 0.25) is 0 Å². The van der Waals surface area contributed by atoms with Crippen molar-refractivity contribution >= 4 is 11.6 Å². The fourth-order valence-corrected chi connectivity index (χ4v) is 1.40. The molecule has 1 aromatic rings. The highest BCUT2D eigenvalue weighted by Gasteiger charge is 2.26. The van der Waals surface area contributed by atoms with Gasteiger partial charge in [-0.3, -0.25) is 4.79 Å². The smallest absolute Gasteiger partial charge is 0.245 e. The SMILES string of the molecule is Cc1ccc2c(c1)NC(=O)[C@@H]2N. The zero-order valence-electron chi connectivity index (χ0n) is 6.79. The minimum atomic E-state index is -0.486. The van der Waals surface area contributed by atoms with E-state index >= 15 is 0 Å². The van der Waals surface area contributed by atoms with Crippen LogP contribution in [0.4, 0.5) is 5.69 Å². The zero-order valence-corrected chi connectivity index (χ0v) is 6.79. The Morgan fingerprint density at radius 2 is 2.25 bits per heavy atom. The Morgan fingerprint density at radius 1 is 1.50 bits per heavy atom. The first-order valence-electron chi connectivity index (χ1n) is 3.85. The number of aryl methyl sites for hydroxylation is 1. The fourth-order valence-electron chi connectivity index (χ4n) is 1.40. The summed E-state index contributed by atoms with van der Waals surface area (Å²) in [5.41, 5.74) is 8.50. The van der Waals surface area contributed by atoms with Crippen LogP contribution in [0.1, 0.15) is 17.2 Å². The van der Waals surface area contributed by atoms with Crippen LogP contribution in [0.5, 0.6) is 0 Å².